The first kappa shape index (κ1) is 14.0. The van der Waals surface area contributed by atoms with Crippen molar-refractivity contribution < 1.29 is 14.6 Å². The van der Waals surface area contributed by atoms with Crippen LogP contribution in [0.2, 0.25) is 0 Å². The van der Waals surface area contributed by atoms with E-state index in [4.69, 9.17) is 22.1 Å². The molecular weight excluding hydrogens is 280 g/mol. The highest BCUT2D eigenvalue weighted by Gasteiger charge is 2.13. The van der Waals surface area contributed by atoms with Crippen molar-refractivity contribution in [1.82, 2.24) is 9.55 Å². The van der Waals surface area contributed by atoms with Gasteiger partial charge >= 0.3 is 5.97 Å². The summed E-state index contributed by atoms with van der Waals surface area (Å²) in [6.45, 7) is 2.40. The van der Waals surface area contributed by atoms with Crippen molar-refractivity contribution in [2.75, 3.05) is 6.61 Å². The van der Waals surface area contributed by atoms with E-state index in [1.54, 1.807) is 24.3 Å². The topological polar surface area (TPSA) is 84.3 Å². The second-order valence-electron chi connectivity index (χ2n) is 3.88. The molecule has 0 atom stereocenters. The van der Waals surface area contributed by atoms with Gasteiger partial charge in [-0.15, -0.1) is 0 Å². The maximum atomic E-state index is 12.1. The van der Waals surface area contributed by atoms with Crippen molar-refractivity contribution in [3.8, 4) is 11.4 Å². The van der Waals surface area contributed by atoms with Crippen molar-refractivity contribution in [2.45, 2.75) is 6.92 Å². The van der Waals surface area contributed by atoms with E-state index in [0.717, 1.165) is 10.8 Å². The van der Waals surface area contributed by atoms with Crippen molar-refractivity contribution in [3.63, 3.8) is 0 Å². The van der Waals surface area contributed by atoms with Crippen LogP contribution in [0.15, 0.2) is 35.3 Å². The molecule has 2 aromatic rings. The first-order chi connectivity index (χ1) is 9.54. The minimum Gasteiger partial charge on any atom is -0.494 e. The van der Waals surface area contributed by atoms with E-state index in [-0.39, 0.29) is 10.3 Å². The molecule has 0 radical (unpaired) electrons. The lowest BCUT2D eigenvalue weighted by atomic mass is 10.3. The van der Waals surface area contributed by atoms with Crippen LogP contribution in [-0.4, -0.2) is 27.2 Å². The Labute approximate surface area is 119 Å². The molecule has 0 unspecified atom stereocenters. The summed E-state index contributed by atoms with van der Waals surface area (Å²) >= 11 is 5.03. The van der Waals surface area contributed by atoms with Crippen LogP contribution in [0.1, 0.15) is 17.3 Å². The number of aromatic nitrogens is 2. The number of benzene rings is 1. The minimum atomic E-state index is -1.30. The number of carboxylic acids is 1. The molecule has 20 heavy (non-hydrogen) atoms. The molecule has 0 aliphatic carbocycles. The van der Waals surface area contributed by atoms with E-state index in [1.165, 1.54) is 0 Å². The number of aromatic amines is 1. The summed E-state index contributed by atoms with van der Waals surface area (Å²) in [5, 5.41) is 8.95. The number of carboxylic acid groups (broad SMARTS) is 1. The molecule has 6 nitrogen and oxygen atoms in total. The van der Waals surface area contributed by atoms with E-state index in [1.807, 2.05) is 6.92 Å². The van der Waals surface area contributed by atoms with Crippen LogP contribution in [0.5, 0.6) is 5.75 Å². The van der Waals surface area contributed by atoms with Crippen molar-refractivity contribution in [3.05, 3.63) is 51.2 Å². The van der Waals surface area contributed by atoms with Crippen LogP contribution in [0.25, 0.3) is 5.69 Å². The van der Waals surface area contributed by atoms with Gasteiger partial charge in [-0.05, 0) is 43.4 Å². The lowest BCUT2D eigenvalue weighted by molar-refractivity contribution is 0.0694. The normalized spacial score (nSPS) is 10.2. The SMILES string of the molecule is CCOc1ccc(-n2c(=S)[nH]cc(C(=O)O)c2=O)cc1. The predicted octanol–water partition coefficient (Wildman–Crippen LogP) is 1.99. The van der Waals surface area contributed by atoms with Gasteiger partial charge in [-0.25, -0.2) is 4.79 Å². The van der Waals surface area contributed by atoms with Crippen LogP contribution in [-0.2, 0) is 0 Å². The monoisotopic (exact) mass is 292 g/mol. The first-order valence-corrected chi connectivity index (χ1v) is 6.26. The summed E-state index contributed by atoms with van der Waals surface area (Å²) < 4.78 is 6.57. The molecule has 1 aromatic carbocycles. The highest BCUT2D eigenvalue weighted by Crippen LogP contribution is 2.14. The maximum absolute atomic E-state index is 12.1. The van der Waals surface area contributed by atoms with Gasteiger partial charge < -0.3 is 14.8 Å². The summed E-state index contributed by atoms with van der Waals surface area (Å²) in [7, 11) is 0. The predicted molar refractivity (Wildman–Crippen MR) is 75.4 cm³/mol. The van der Waals surface area contributed by atoms with Crippen LogP contribution >= 0.6 is 12.2 Å². The third-order valence-corrected chi connectivity index (χ3v) is 2.91. The molecule has 0 saturated carbocycles. The Hall–Kier alpha value is -2.41. The molecule has 0 amide bonds. The van der Waals surface area contributed by atoms with Gasteiger partial charge in [-0.2, -0.15) is 0 Å². The Morgan fingerprint density at radius 1 is 1.40 bits per heavy atom. The average molecular weight is 292 g/mol. The standard InChI is InChI=1S/C13H12N2O4S/c1-2-19-9-5-3-8(4-6-9)15-11(16)10(12(17)18)7-14-13(15)20/h3-7H,2H2,1H3,(H,14,20)(H,17,18). The fourth-order valence-corrected chi connectivity index (χ4v) is 1.97. The zero-order chi connectivity index (χ0) is 14.7. The summed E-state index contributed by atoms with van der Waals surface area (Å²) in [6, 6.07) is 6.66. The van der Waals surface area contributed by atoms with Crippen molar-refractivity contribution >= 4 is 18.2 Å². The van der Waals surface area contributed by atoms with Crippen LogP contribution < -0.4 is 10.3 Å². The number of carbonyl (C=O) groups is 1. The number of rotatable bonds is 4. The second-order valence-corrected chi connectivity index (χ2v) is 4.27. The number of hydrogen-bond acceptors (Lipinski definition) is 4. The van der Waals surface area contributed by atoms with E-state index in [2.05, 4.69) is 4.98 Å². The molecule has 2 N–H and O–H groups in total. The Bertz CT molecular complexity index is 746. The van der Waals surface area contributed by atoms with E-state index in [0.29, 0.717) is 18.0 Å². The maximum Gasteiger partial charge on any atom is 0.342 e. The third-order valence-electron chi connectivity index (χ3n) is 2.61. The highest BCUT2D eigenvalue weighted by atomic mass is 32.1. The molecule has 2 rings (SSSR count). The Morgan fingerprint density at radius 3 is 2.60 bits per heavy atom. The second kappa shape index (κ2) is 5.70. The fraction of sp³-hybridized carbons (Fsp3) is 0.154. The molecule has 0 aliphatic rings. The van der Waals surface area contributed by atoms with Gasteiger partial charge in [0.2, 0.25) is 0 Å². The number of H-pyrrole nitrogens is 1. The smallest absolute Gasteiger partial charge is 0.342 e. The molecule has 0 fully saturated rings. The highest BCUT2D eigenvalue weighted by molar-refractivity contribution is 7.71. The van der Waals surface area contributed by atoms with Gasteiger partial charge in [-0.1, -0.05) is 0 Å². The number of ether oxygens (including phenoxy) is 1. The van der Waals surface area contributed by atoms with Crippen LogP contribution in [0.3, 0.4) is 0 Å². The fourth-order valence-electron chi connectivity index (χ4n) is 1.72. The quantitative estimate of drug-likeness (QED) is 0.842. The molecule has 104 valence electrons. The van der Waals surface area contributed by atoms with E-state index < -0.39 is 11.5 Å². The lowest BCUT2D eigenvalue weighted by Crippen LogP contribution is -2.26. The summed E-state index contributed by atoms with van der Waals surface area (Å²) in [4.78, 5) is 25.7. The average Bonchev–Trinajstić information content (AvgIpc) is 2.40. The van der Waals surface area contributed by atoms with Crippen molar-refractivity contribution in [1.29, 1.82) is 0 Å². The molecule has 1 heterocycles. The molecule has 7 heteroatoms. The van der Waals surface area contributed by atoms with Gasteiger partial charge in [-0.3, -0.25) is 9.36 Å². The zero-order valence-electron chi connectivity index (χ0n) is 10.6. The molecule has 0 aliphatic heterocycles. The lowest BCUT2D eigenvalue weighted by Gasteiger charge is -2.08. The molecule has 0 bridgehead atoms. The number of nitrogens with one attached hydrogen (secondary N) is 1. The molecule has 0 spiro atoms. The Kier molecular flexibility index (Phi) is 3.99. The van der Waals surface area contributed by atoms with Crippen LogP contribution in [0.4, 0.5) is 0 Å². The number of hydrogen-bond donors (Lipinski definition) is 2. The summed E-state index contributed by atoms with van der Waals surface area (Å²) in [6.07, 6.45) is 1.10. The van der Waals surface area contributed by atoms with Crippen molar-refractivity contribution in [2.24, 2.45) is 0 Å². The van der Waals surface area contributed by atoms with Gasteiger partial charge in [0, 0.05) is 6.20 Å². The largest absolute Gasteiger partial charge is 0.494 e. The van der Waals surface area contributed by atoms with Gasteiger partial charge in [0.25, 0.3) is 5.56 Å². The van der Waals surface area contributed by atoms with E-state index in [9.17, 15) is 9.59 Å². The van der Waals surface area contributed by atoms with Gasteiger partial charge in [0.15, 0.2) is 4.77 Å². The number of nitrogens with zero attached hydrogens (tertiary/aromatic N) is 1. The summed E-state index contributed by atoms with van der Waals surface area (Å²) in [5.74, 6) is -0.644. The van der Waals surface area contributed by atoms with Crippen LogP contribution in [0, 0.1) is 4.77 Å². The summed E-state index contributed by atoms with van der Waals surface area (Å²) in [5.41, 5.74) is -0.569. The zero-order valence-corrected chi connectivity index (χ0v) is 11.4. The minimum absolute atomic E-state index is 0.129. The number of aromatic carboxylic acids is 1. The third kappa shape index (κ3) is 2.62. The van der Waals surface area contributed by atoms with Gasteiger partial charge in [0.05, 0.1) is 12.3 Å². The first-order valence-electron chi connectivity index (χ1n) is 5.86. The Morgan fingerprint density at radius 2 is 2.05 bits per heavy atom. The molecule has 1 aromatic heterocycles. The van der Waals surface area contributed by atoms with E-state index >= 15 is 0 Å². The Balaban J connectivity index is 2.57. The molecule has 0 saturated heterocycles. The van der Waals surface area contributed by atoms with Gasteiger partial charge in [0.1, 0.15) is 11.3 Å². The molecular formula is C13H12N2O4S.